The SMILES string of the molecule is COC(=O)C(N)c1cc2ccc(C(F)(F)F)cc2n1C(C)C. The normalized spacial score (nSPS) is 13.6. The van der Waals surface area contributed by atoms with Crippen LogP contribution >= 0.6 is 0 Å². The summed E-state index contributed by atoms with van der Waals surface area (Å²) in [6.45, 7) is 3.63. The van der Waals surface area contributed by atoms with Crippen LogP contribution in [0.15, 0.2) is 24.3 Å². The molecule has 4 nitrogen and oxygen atoms in total. The Morgan fingerprint density at radius 1 is 1.27 bits per heavy atom. The van der Waals surface area contributed by atoms with Crippen LogP contribution in [0.2, 0.25) is 0 Å². The van der Waals surface area contributed by atoms with E-state index in [2.05, 4.69) is 4.74 Å². The van der Waals surface area contributed by atoms with E-state index in [9.17, 15) is 18.0 Å². The van der Waals surface area contributed by atoms with Crippen LogP contribution < -0.4 is 5.73 Å². The van der Waals surface area contributed by atoms with Crippen LogP contribution in [0.1, 0.15) is 37.2 Å². The van der Waals surface area contributed by atoms with Gasteiger partial charge in [0.15, 0.2) is 0 Å². The van der Waals surface area contributed by atoms with E-state index in [1.807, 2.05) is 13.8 Å². The molecule has 1 heterocycles. The Bertz CT molecular complexity index is 705. The maximum absolute atomic E-state index is 12.9. The number of methoxy groups -OCH3 is 1. The van der Waals surface area contributed by atoms with Gasteiger partial charge in [0.2, 0.25) is 0 Å². The Kier molecular flexibility index (Phi) is 4.19. The van der Waals surface area contributed by atoms with Gasteiger partial charge in [0.25, 0.3) is 0 Å². The third kappa shape index (κ3) is 2.81. The zero-order chi connectivity index (χ0) is 16.7. The number of hydrogen-bond donors (Lipinski definition) is 1. The van der Waals surface area contributed by atoms with Gasteiger partial charge in [-0.05, 0) is 37.4 Å². The lowest BCUT2D eigenvalue weighted by Crippen LogP contribution is -2.25. The number of carbonyl (C=O) groups is 1. The fraction of sp³-hybridized carbons (Fsp3) is 0.400. The molecule has 7 heteroatoms. The van der Waals surface area contributed by atoms with Gasteiger partial charge in [-0.15, -0.1) is 0 Å². The Morgan fingerprint density at radius 2 is 1.91 bits per heavy atom. The van der Waals surface area contributed by atoms with Gasteiger partial charge in [0, 0.05) is 17.3 Å². The second-order valence-corrected chi connectivity index (χ2v) is 5.31. The number of esters is 1. The largest absolute Gasteiger partial charge is 0.468 e. The summed E-state index contributed by atoms with van der Waals surface area (Å²) < 4.78 is 44.9. The van der Waals surface area contributed by atoms with Crippen LogP contribution in [0, 0.1) is 0 Å². The molecule has 1 atom stereocenters. The fourth-order valence-electron chi connectivity index (χ4n) is 2.48. The van der Waals surface area contributed by atoms with E-state index in [4.69, 9.17) is 5.73 Å². The summed E-state index contributed by atoms with van der Waals surface area (Å²) in [6.07, 6.45) is -4.43. The maximum atomic E-state index is 12.9. The molecule has 22 heavy (non-hydrogen) atoms. The van der Waals surface area contributed by atoms with Crippen LogP contribution in [0.25, 0.3) is 10.9 Å². The van der Waals surface area contributed by atoms with Crippen LogP contribution in [-0.4, -0.2) is 17.6 Å². The summed E-state index contributed by atoms with van der Waals surface area (Å²) in [5.74, 6) is -0.638. The Balaban J connectivity index is 2.69. The molecule has 0 bridgehead atoms. The van der Waals surface area contributed by atoms with Gasteiger partial charge < -0.3 is 15.0 Å². The van der Waals surface area contributed by atoms with Crippen LogP contribution in [0.5, 0.6) is 0 Å². The Morgan fingerprint density at radius 3 is 2.41 bits per heavy atom. The van der Waals surface area contributed by atoms with Crippen molar-refractivity contribution in [2.24, 2.45) is 5.73 Å². The highest BCUT2D eigenvalue weighted by molar-refractivity contribution is 5.85. The molecule has 1 unspecified atom stereocenters. The molecule has 2 N–H and O–H groups in total. The van der Waals surface area contributed by atoms with Gasteiger partial charge in [-0.2, -0.15) is 13.2 Å². The number of benzene rings is 1. The molecular weight excluding hydrogens is 297 g/mol. The van der Waals surface area contributed by atoms with Crippen LogP contribution in [0.4, 0.5) is 13.2 Å². The minimum Gasteiger partial charge on any atom is -0.468 e. The first-order valence-corrected chi connectivity index (χ1v) is 6.72. The van der Waals surface area contributed by atoms with E-state index in [1.165, 1.54) is 13.2 Å². The topological polar surface area (TPSA) is 57.2 Å². The molecule has 0 saturated heterocycles. The molecular formula is C15H17F3N2O2. The first-order chi connectivity index (χ1) is 10.2. The number of fused-ring (bicyclic) bond motifs is 1. The smallest absolute Gasteiger partial charge is 0.416 e. The molecule has 0 saturated carbocycles. The van der Waals surface area contributed by atoms with E-state index in [0.717, 1.165) is 12.1 Å². The zero-order valence-electron chi connectivity index (χ0n) is 12.4. The Labute approximate surface area is 125 Å². The van der Waals surface area contributed by atoms with Gasteiger partial charge in [0.1, 0.15) is 6.04 Å². The molecule has 1 aromatic heterocycles. The number of ether oxygens (including phenoxy) is 1. The van der Waals surface area contributed by atoms with Gasteiger partial charge >= 0.3 is 12.1 Å². The minimum atomic E-state index is -4.43. The van der Waals surface area contributed by atoms with E-state index in [0.29, 0.717) is 16.6 Å². The third-order valence-corrected chi connectivity index (χ3v) is 3.49. The van der Waals surface area contributed by atoms with Crippen LogP contribution in [-0.2, 0) is 15.7 Å². The number of nitrogens with zero attached hydrogens (tertiary/aromatic N) is 1. The summed E-state index contributed by atoms with van der Waals surface area (Å²) in [5.41, 5.74) is 5.94. The van der Waals surface area contributed by atoms with Crippen molar-refractivity contribution in [1.82, 2.24) is 4.57 Å². The van der Waals surface area contributed by atoms with E-state index < -0.39 is 23.8 Å². The monoisotopic (exact) mass is 314 g/mol. The highest BCUT2D eigenvalue weighted by atomic mass is 19.4. The number of hydrogen-bond acceptors (Lipinski definition) is 3. The standard InChI is InChI=1S/C15H17F3N2O2/c1-8(2)20-11-7-10(15(16,17)18)5-4-9(11)6-12(20)13(19)14(21)22-3/h4-8,13H,19H2,1-3H3. The second-order valence-electron chi connectivity index (χ2n) is 5.31. The highest BCUT2D eigenvalue weighted by Gasteiger charge is 2.31. The average molecular weight is 314 g/mol. The molecule has 2 aromatic rings. The molecule has 120 valence electrons. The molecule has 0 aliphatic heterocycles. The van der Waals surface area contributed by atoms with Gasteiger partial charge in [-0.25, -0.2) is 4.79 Å². The van der Waals surface area contributed by atoms with Crippen molar-refractivity contribution >= 4 is 16.9 Å². The third-order valence-electron chi connectivity index (χ3n) is 3.49. The lowest BCUT2D eigenvalue weighted by molar-refractivity contribution is -0.142. The highest BCUT2D eigenvalue weighted by Crippen LogP contribution is 2.34. The first kappa shape index (κ1) is 16.4. The molecule has 1 aromatic carbocycles. The lowest BCUT2D eigenvalue weighted by Gasteiger charge is -2.18. The lowest BCUT2D eigenvalue weighted by atomic mass is 10.1. The molecule has 0 radical (unpaired) electrons. The van der Waals surface area contributed by atoms with E-state index >= 15 is 0 Å². The number of halogens is 3. The van der Waals surface area contributed by atoms with Gasteiger partial charge in [-0.1, -0.05) is 6.07 Å². The van der Waals surface area contributed by atoms with Crippen LogP contribution in [0.3, 0.4) is 0 Å². The minimum absolute atomic E-state index is 0.160. The summed E-state index contributed by atoms with van der Waals surface area (Å²) in [4.78, 5) is 11.6. The molecule has 2 rings (SSSR count). The first-order valence-electron chi connectivity index (χ1n) is 6.72. The van der Waals surface area contributed by atoms with Gasteiger partial charge in [-0.3, -0.25) is 0 Å². The number of carbonyl (C=O) groups excluding carboxylic acids is 1. The quantitative estimate of drug-likeness (QED) is 0.883. The van der Waals surface area contributed by atoms with Crippen molar-refractivity contribution in [1.29, 1.82) is 0 Å². The van der Waals surface area contributed by atoms with Crippen molar-refractivity contribution in [3.05, 3.63) is 35.5 Å². The van der Waals surface area contributed by atoms with E-state index in [1.54, 1.807) is 10.6 Å². The number of rotatable bonds is 3. The molecule has 0 fully saturated rings. The average Bonchev–Trinajstić information content (AvgIpc) is 2.82. The molecule has 0 amide bonds. The van der Waals surface area contributed by atoms with Gasteiger partial charge in [0.05, 0.1) is 12.7 Å². The van der Waals surface area contributed by atoms with Crippen molar-refractivity contribution in [3.8, 4) is 0 Å². The predicted molar refractivity (Wildman–Crippen MR) is 76.3 cm³/mol. The van der Waals surface area contributed by atoms with Crippen molar-refractivity contribution in [2.45, 2.75) is 32.1 Å². The molecule has 0 aliphatic rings. The summed E-state index contributed by atoms with van der Waals surface area (Å²) in [7, 11) is 1.21. The van der Waals surface area contributed by atoms with E-state index in [-0.39, 0.29) is 6.04 Å². The molecule has 0 spiro atoms. The summed E-state index contributed by atoms with van der Waals surface area (Å²) >= 11 is 0. The van der Waals surface area contributed by atoms with Crippen molar-refractivity contribution in [3.63, 3.8) is 0 Å². The zero-order valence-corrected chi connectivity index (χ0v) is 12.4. The summed E-state index contributed by atoms with van der Waals surface area (Å²) in [5, 5.41) is 0.594. The maximum Gasteiger partial charge on any atom is 0.416 e. The second kappa shape index (κ2) is 5.64. The number of nitrogens with two attached hydrogens (primary N) is 1. The molecule has 0 aliphatic carbocycles. The van der Waals surface area contributed by atoms with Crippen molar-refractivity contribution < 1.29 is 22.7 Å². The van der Waals surface area contributed by atoms with Crippen molar-refractivity contribution in [2.75, 3.05) is 7.11 Å². The number of aromatic nitrogens is 1. The fourth-order valence-corrected chi connectivity index (χ4v) is 2.48. The Hall–Kier alpha value is -2.02. The number of alkyl halides is 3. The summed E-state index contributed by atoms with van der Waals surface area (Å²) in [6, 6.07) is 3.88. The predicted octanol–water partition coefficient (Wildman–Crippen LogP) is 3.41.